The van der Waals surface area contributed by atoms with Crippen LogP contribution in [0, 0.1) is 5.92 Å². The number of likely N-dealkylation sites (tertiary alicyclic amines) is 1. The first-order valence-corrected chi connectivity index (χ1v) is 7.86. The molecule has 0 bridgehead atoms. The van der Waals surface area contributed by atoms with Crippen LogP contribution in [0.25, 0.3) is 0 Å². The van der Waals surface area contributed by atoms with E-state index in [1.54, 1.807) is 0 Å². The Balaban J connectivity index is 1.66. The van der Waals surface area contributed by atoms with Crippen LogP contribution in [0.3, 0.4) is 0 Å². The van der Waals surface area contributed by atoms with Gasteiger partial charge in [-0.25, -0.2) is 0 Å². The van der Waals surface area contributed by atoms with Crippen molar-refractivity contribution in [2.75, 3.05) is 26.2 Å². The first-order chi connectivity index (χ1) is 8.40. The Kier molecular flexibility index (Phi) is 5.79. The molecule has 1 aliphatic carbocycles. The first kappa shape index (κ1) is 13.4. The highest BCUT2D eigenvalue weighted by molar-refractivity contribution is 4.83. The van der Waals surface area contributed by atoms with Crippen molar-refractivity contribution in [3.63, 3.8) is 0 Å². The topological polar surface area (TPSA) is 15.3 Å². The zero-order valence-electron chi connectivity index (χ0n) is 11.6. The fraction of sp³-hybridized carbons (Fsp3) is 1.00. The Labute approximate surface area is 107 Å². The molecule has 1 N–H and O–H groups in total. The van der Waals surface area contributed by atoms with Crippen LogP contribution in [0.15, 0.2) is 0 Å². The van der Waals surface area contributed by atoms with Crippen LogP contribution in [0.5, 0.6) is 0 Å². The lowest BCUT2D eigenvalue weighted by Crippen LogP contribution is -2.36. The van der Waals surface area contributed by atoms with Crippen LogP contribution in [-0.2, 0) is 0 Å². The van der Waals surface area contributed by atoms with E-state index in [0.717, 1.165) is 12.0 Å². The van der Waals surface area contributed by atoms with E-state index in [4.69, 9.17) is 0 Å². The van der Waals surface area contributed by atoms with E-state index in [-0.39, 0.29) is 0 Å². The number of hydrogen-bond acceptors (Lipinski definition) is 2. The molecule has 1 saturated heterocycles. The molecular weight excluding hydrogens is 208 g/mol. The molecule has 2 heteroatoms. The normalized spacial score (nSPS) is 30.9. The fourth-order valence-electron chi connectivity index (χ4n) is 3.51. The van der Waals surface area contributed by atoms with E-state index < -0.39 is 0 Å². The van der Waals surface area contributed by atoms with Gasteiger partial charge >= 0.3 is 0 Å². The van der Waals surface area contributed by atoms with Crippen molar-refractivity contribution in [2.24, 2.45) is 5.92 Å². The van der Waals surface area contributed by atoms with Gasteiger partial charge in [-0.2, -0.15) is 0 Å². The fourth-order valence-corrected chi connectivity index (χ4v) is 3.51. The van der Waals surface area contributed by atoms with E-state index >= 15 is 0 Å². The molecule has 2 unspecified atom stereocenters. The summed E-state index contributed by atoms with van der Waals surface area (Å²) in [6.07, 6.45) is 11.4. The molecule has 1 aliphatic heterocycles. The van der Waals surface area contributed by atoms with Gasteiger partial charge in [0.1, 0.15) is 0 Å². The van der Waals surface area contributed by atoms with Gasteiger partial charge in [0.2, 0.25) is 0 Å². The highest BCUT2D eigenvalue weighted by atomic mass is 15.1. The Hall–Kier alpha value is -0.0800. The smallest absolute Gasteiger partial charge is 0.00958 e. The molecule has 2 fully saturated rings. The Bertz CT molecular complexity index is 199. The summed E-state index contributed by atoms with van der Waals surface area (Å²) in [7, 11) is 0. The van der Waals surface area contributed by atoms with E-state index in [9.17, 15) is 0 Å². The van der Waals surface area contributed by atoms with E-state index in [0.29, 0.717) is 0 Å². The van der Waals surface area contributed by atoms with Crippen LogP contribution in [-0.4, -0.2) is 37.1 Å². The van der Waals surface area contributed by atoms with Crippen molar-refractivity contribution in [2.45, 2.75) is 64.3 Å². The molecule has 0 aromatic rings. The predicted molar refractivity (Wildman–Crippen MR) is 74.3 cm³/mol. The maximum Gasteiger partial charge on any atom is 0.00958 e. The van der Waals surface area contributed by atoms with Crippen molar-refractivity contribution in [3.05, 3.63) is 0 Å². The van der Waals surface area contributed by atoms with Gasteiger partial charge in [-0.3, -0.25) is 0 Å². The number of nitrogens with one attached hydrogen (secondary N) is 1. The van der Waals surface area contributed by atoms with Gasteiger partial charge in [-0.1, -0.05) is 19.8 Å². The summed E-state index contributed by atoms with van der Waals surface area (Å²) in [5.74, 6) is 0.962. The van der Waals surface area contributed by atoms with Crippen LogP contribution >= 0.6 is 0 Å². The lowest BCUT2D eigenvalue weighted by Gasteiger charge is -2.29. The second-order valence-electron chi connectivity index (χ2n) is 5.94. The number of hydrogen-bond donors (Lipinski definition) is 1. The average molecular weight is 238 g/mol. The second kappa shape index (κ2) is 7.38. The molecule has 0 aromatic heterocycles. The molecular formula is C15H30N2. The summed E-state index contributed by atoms with van der Waals surface area (Å²) >= 11 is 0. The van der Waals surface area contributed by atoms with Gasteiger partial charge in [0.25, 0.3) is 0 Å². The molecule has 17 heavy (non-hydrogen) atoms. The summed E-state index contributed by atoms with van der Waals surface area (Å²) in [4.78, 5) is 2.69. The third-order valence-electron chi connectivity index (χ3n) is 4.58. The Morgan fingerprint density at radius 2 is 1.88 bits per heavy atom. The first-order valence-electron chi connectivity index (χ1n) is 7.86. The minimum atomic E-state index is 0.833. The standard InChI is InChI=1S/C15H30N2/c1-2-10-16-15-8-6-7-14(15)9-13-17-11-4-3-5-12-17/h14-16H,2-13H2,1H3. The summed E-state index contributed by atoms with van der Waals surface area (Å²) in [6, 6.07) is 0.833. The van der Waals surface area contributed by atoms with Crippen molar-refractivity contribution < 1.29 is 0 Å². The van der Waals surface area contributed by atoms with Gasteiger partial charge in [-0.05, 0) is 70.6 Å². The van der Waals surface area contributed by atoms with E-state index in [2.05, 4.69) is 17.1 Å². The van der Waals surface area contributed by atoms with Gasteiger partial charge in [0.05, 0.1) is 0 Å². The van der Waals surface area contributed by atoms with Gasteiger partial charge in [0, 0.05) is 6.04 Å². The number of rotatable bonds is 6. The van der Waals surface area contributed by atoms with E-state index in [1.165, 1.54) is 77.5 Å². The van der Waals surface area contributed by atoms with Gasteiger partial charge < -0.3 is 10.2 Å². The minimum absolute atomic E-state index is 0.833. The molecule has 100 valence electrons. The predicted octanol–water partition coefficient (Wildman–Crippen LogP) is 3.03. The summed E-state index contributed by atoms with van der Waals surface area (Å²) in [5.41, 5.74) is 0. The van der Waals surface area contributed by atoms with Crippen molar-refractivity contribution in [1.29, 1.82) is 0 Å². The van der Waals surface area contributed by atoms with Gasteiger partial charge in [-0.15, -0.1) is 0 Å². The molecule has 0 amide bonds. The Morgan fingerprint density at radius 1 is 1.06 bits per heavy atom. The molecule has 2 aliphatic rings. The molecule has 0 radical (unpaired) electrons. The molecule has 2 nitrogen and oxygen atoms in total. The monoisotopic (exact) mass is 238 g/mol. The van der Waals surface area contributed by atoms with E-state index in [1.807, 2.05) is 0 Å². The molecule has 2 rings (SSSR count). The van der Waals surface area contributed by atoms with Crippen LogP contribution in [0.2, 0.25) is 0 Å². The number of nitrogens with zero attached hydrogens (tertiary/aromatic N) is 1. The maximum absolute atomic E-state index is 3.75. The van der Waals surface area contributed by atoms with Crippen LogP contribution in [0.1, 0.15) is 58.3 Å². The second-order valence-corrected chi connectivity index (χ2v) is 5.94. The lowest BCUT2D eigenvalue weighted by atomic mass is 9.98. The zero-order valence-corrected chi connectivity index (χ0v) is 11.6. The Morgan fingerprint density at radius 3 is 2.65 bits per heavy atom. The maximum atomic E-state index is 3.75. The van der Waals surface area contributed by atoms with Gasteiger partial charge in [0.15, 0.2) is 0 Å². The van der Waals surface area contributed by atoms with Crippen molar-refractivity contribution >= 4 is 0 Å². The molecule has 2 atom stereocenters. The minimum Gasteiger partial charge on any atom is -0.314 e. The summed E-state index contributed by atoms with van der Waals surface area (Å²) in [5, 5.41) is 3.75. The molecule has 0 aromatic carbocycles. The largest absolute Gasteiger partial charge is 0.314 e. The zero-order chi connectivity index (χ0) is 11.9. The summed E-state index contributed by atoms with van der Waals surface area (Å²) in [6.45, 7) is 7.56. The highest BCUT2D eigenvalue weighted by Gasteiger charge is 2.26. The third kappa shape index (κ3) is 4.26. The number of piperidine rings is 1. The summed E-state index contributed by atoms with van der Waals surface area (Å²) < 4.78 is 0. The SMILES string of the molecule is CCCNC1CCCC1CCN1CCCCC1. The third-order valence-corrected chi connectivity index (χ3v) is 4.58. The lowest BCUT2D eigenvalue weighted by molar-refractivity contribution is 0.206. The average Bonchev–Trinajstić information content (AvgIpc) is 2.82. The highest BCUT2D eigenvalue weighted by Crippen LogP contribution is 2.28. The van der Waals surface area contributed by atoms with Crippen LogP contribution in [0.4, 0.5) is 0 Å². The molecule has 1 heterocycles. The van der Waals surface area contributed by atoms with Crippen molar-refractivity contribution in [1.82, 2.24) is 10.2 Å². The molecule has 1 saturated carbocycles. The van der Waals surface area contributed by atoms with Crippen LogP contribution < -0.4 is 5.32 Å². The quantitative estimate of drug-likeness (QED) is 0.765. The van der Waals surface area contributed by atoms with Crippen molar-refractivity contribution in [3.8, 4) is 0 Å². The molecule has 0 spiro atoms.